The van der Waals surface area contributed by atoms with Gasteiger partial charge in [-0.15, -0.1) is 0 Å². The Morgan fingerprint density at radius 3 is 2.73 bits per heavy atom. The van der Waals surface area contributed by atoms with Crippen molar-refractivity contribution in [3.63, 3.8) is 0 Å². The zero-order chi connectivity index (χ0) is 10.7. The number of hydrogen-bond acceptors (Lipinski definition) is 3. The number of carbonyl (C=O) groups excluding carboxylic acids is 1. The zero-order valence-electron chi connectivity index (χ0n) is 8.43. The van der Waals surface area contributed by atoms with Gasteiger partial charge < -0.3 is 9.32 Å². The molecule has 0 aliphatic rings. The van der Waals surface area contributed by atoms with Gasteiger partial charge in [-0.2, -0.15) is 0 Å². The minimum Gasteiger partial charge on any atom is -0.361 e. The highest BCUT2D eigenvalue weighted by Crippen LogP contribution is 2.24. The summed E-state index contributed by atoms with van der Waals surface area (Å²) in [7, 11) is 0. The summed E-state index contributed by atoms with van der Waals surface area (Å²) in [6.45, 7) is 1.82. The van der Waals surface area contributed by atoms with Crippen LogP contribution in [0.25, 0.3) is 11.3 Å². The molecule has 0 N–H and O–H groups in total. The van der Waals surface area contributed by atoms with Crippen molar-refractivity contribution >= 4 is 6.29 Å². The molecule has 0 aliphatic carbocycles. The van der Waals surface area contributed by atoms with E-state index in [2.05, 4.69) is 5.16 Å². The molecule has 76 valence electrons. The van der Waals surface area contributed by atoms with E-state index in [0.29, 0.717) is 12.2 Å². The van der Waals surface area contributed by atoms with Gasteiger partial charge in [0.2, 0.25) is 0 Å². The van der Waals surface area contributed by atoms with Crippen LogP contribution in [0.3, 0.4) is 0 Å². The van der Waals surface area contributed by atoms with E-state index in [1.165, 1.54) is 0 Å². The third kappa shape index (κ3) is 1.81. The molecule has 3 heteroatoms. The SMILES string of the molecule is Cc1onc(-c2ccccc2)c1CC=O. The van der Waals surface area contributed by atoms with E-state index >= 15 is 0 Å². The summed E-state index contributed by atoms with van der Waals surface area (Å²) >= 11 is 0. The number of carbonyl (C=O) groups is 1. The second kappa shape index (κ2) is 4.09. The van der Waals surface area contributed by atoms with Gasteiger partial charge in [0, 0.05) is 17.5 Å². The lowest BCUT2D eigenvalue weighted by Crippen LogP contribution is -1.90. The van der Waals surface area contributed by atoms with Crippen LogP contribution in [0.1, 0.15) is 11.3 Å². The fraction of sp³-hybridized carbons (Fsp3) is 0.167. The van der Waals surface area contributed by atoms with Crippen molar-refractivity contribution in [1.82, 2.24) is 5.16 Å². The van der Waals surface area contributed by atoms with Gasteiger partial charge >= 0.3 is 0 Å². The van der Waals surface area contributed by atoms with Crippen molar-refractivity contribution in [2.45, 2.75) is 13.3 Å². The summed E-state index contributed by atoms with van der Waals surface area (Å²) in [4.78, 5) is 10.5. The average molecular weight is 201 g/mol. The van der Waals surface area contributed by atoms with Gasteiger partial charge in [0.05, 0.1) is 0 Å². The number of nitrogens with zero attached hydrogens (tertiary/aromatic N) is 1. The molecule has 3 nitrogen and oxygen atoms in total. The fourth-order valence-electron chi connectivity index (χ4n) is 1.54. The lowest BCUT2D eigenvalue weighted by atomic mass is 10.0. The highest BCUT2D eigenvalue weighted by Gasteiger charge is 2.13. The van der Waals surface area contributed by atoms with Gasteiger partial charge in [-0.1, -0.05) is 35.5 Å². The van der Waals surface area contributed by atoms with Gasteiger partial charge in [-0.3, -0.25) is 0 Å². The first-order valence-corrected chi connectivity index (χ1v) is 4.77. The Bertz CT molecular complexity index is 460. The smallest absolute Gasteiger partial charge is 0.137 e. The molecule has 1 aromatic heterocycles. The monoisotopic (exact) mass is 201 g/mol. The molecule has 0 amide bonds. The van der Waals surface area contributed by atoms with Crippen molar-refractivity contribution in [3.8, 4) is 11.3 Å². The van der Waals surface area contributed by atoms with E-state index in [9.17, 15) is 4.79 Å². The summed E-state index contributed by atoms with van der Waals surface area (Å²) < 4.78 is 5.09. The fourth-order valence-corrected chi connectivity index (χ4v) is 1.54. The summed E-state index contributed by atoms with van der Waals surface area (Å²) in [6, 6.07) is 9.71. The molecule has 0 spiro atoms. The van der Waals surface area contributed by atoms with Crippen molar-refractivity contribution in [2.24, 2.45) is 0 Å². The van der Waals surface area contributed by atoms with Gasteiger partial charge in [0.15, 0.2) is 0 Å². The predicted octanol–water partition coefficient (Wildman–Crippen LogP) is 2.39. The minimum atomic E-state index is 0.347. The quantitative estimate of drug-likeness (QED) is 0.716. The average Bonchev–Trinajstić information content (AvgIpc) is 2.63. The van der Waals surface area contributed by atoms with Gasteiger partial charge in [0.1, 0.15) is 17.7 Å². The highest BCUT2D eigenvalue weighted by molar-refractivity contribution is 5.68. The van der Waals surface area contributed by atoms with Crippen molar-refractivity contribution in [2.75, 3.05) is 0 Å². The third-order valence-electron chi connectivity index (χ3n) is 2.32. The summed E-state index contributed by atoms with van der Waals surface area (Å²) in [5.41, 5.74) is 2.61. The maximum atomic E-state index is 10.5. The molecular formula is C12H11NO2. The largest absolute Gasteiger partial charge is 0.361 e. The summed E-state index contributed by atoms with van der Waals surface area (Å²) in [6.07, 6.45) is 1.21. The van der Waals surface area contributed by atoms with E-state index < -0.39 is 0 Å². The minimum absolute atomic E-state index is 0.347. The molecule has 0 saturated carbocycles. The van der Waals surface area contributed by atoms with E-state index in [1.807, 2.05) is 37.3 Å². The van der Waals surface area contributed by atoms with Crippen LogP contribution in [0.15, 0.2) is 34.9 Å². The molecule has 0 saturated heterocycles. The van der Waals surface area contributed by atoms with Crippen LogP contribution in [0.2, 0.25) is 0 Å². The van der Waals surface area contributed by atoms with E-state index in [4.69, 9.17) is 4.52 Å². The van der Waals surface area contributed by atoms with Crippen LogP contribution in [0.4, 0.5) is 0 Å². The number of aromatic nitrogens is 1. The number of benzene rings is 1. The van der Waals surface area contributed by atoms with Crippen LogP contribution in [-0.2, 0) is 11.2 Å². The molecule has 2 aromatic rings. The zero-order valence-corrected chi connectivity index (χ0v) is 8.43. The Morgan fingerprint density at radius 2 is 2.07 bits per heavy atom. The van der Waals surface area contributed by atoms with Crippen LogP contribution < -0.4 is 0 Å². The van der Waals surface area contributed by atoms with Crippen LogP contribution in [-0.4, -0.2) is 11.4 Å². The topological polar surface area (TPSA) is 43.1 Å². The van der Waals surface area contributed by atoms with Crippen molar-refractivity contribution in [1.29, 1.82) is 0 Å². The van der Waals surface area contributed by atoms with Crippen LogP contribution >= 0.6 is 0 Å². The molecule has 2 rings (SSSR count). The molecule has 0 atom stereocenters. The lowest BCUT2D eigenvalue weighted by Gasteiger charge is -1.97. The molecule has 1 heterocycles. The van der Waals surface area contributed by atoms with E-state index in [-0.39, 0.29) is 0 Å². The Labute approximate surface area is 87.7 Å². The van der Waals surface area contributed by atoms with E-state index in [0.717, 1.165) is 23.1 Å². The molecule has 1 aromatic carbocycles. The molecule has 0 aliphatic heterocycles. The van der Waals surface area contributed by atoms with Crippen molar-refractivity contribution in [3.05, 3.63) is 41.7 Å². The Kier molecular flexibility index (Phi) is 2.63. The van der Waals surface area contributed by atoms with Crippen LogP contribution in [0, 0.1) is 6.92 Å². The van der Waals surface area contributed by atoms with Gasteiger partial charge in [-0.25, -0.2) is 0 Å². The second-order valence-electron chi connectivity index (χ2n) is 3.30. The van der Waals surface area contributed by atoms with E-state index in [1.54, 1.807) is 0 Å². The molecule has 15 heavy (non-hydrogen) atoms. The molecule has 0 radical (unpaired) electrons. The summed E-state index contributed by atoms with van der Waals surface area (Å²) in [5, 5.41) is 3.97. The maximum absolute atomic E-state index is 10.5. The molecule has 0 unspecified atom stereocenters. The van der Waals surface area contributed by atoms with Crippen LogP contribution in [0.5, 0.6) is 0 Å². The number of rotatable bonds is 3. The maximum Gasteiger partial charge on any atom is 0.137 e. The highest BCUT2D eigenvalue weighted by atomic mass is 16.5. The molecule has 0 bridgehead atoms. The first-order valence-electron chi connectivity index (χ1n) is 4.77. The Hall–Kier alpha value is -1.90. The van der Waals surface area contributed by atoms with Crippen molar-refractivity contribution < 1.29 is 9.32 Å². The van der Waals surface area contributed by atoms with Gasteiger partial charge in [0.25, 0.3) is 0 Å². The Balaban J connectivity index is 2.49. The summed E-state index contributed by atoms with van der Waals surface area (Å²) in [5.74, 6) is 0.709. The van der Waals surface area contributed by atoms with Gasteiger partial charge in [-0.05, 0) is 6.92 Å². The number of aryl methyl sites for hydroxylation is 1. The molecular weight excluding hydrogens is 190 g/mol. The normalized spacial score (nSPS) is 10.2. The number of hydrogen-bond donors (Lipinski definition) is 0. The lowest BCUT2D eigenvalue weighted by molar-refractivity contribution is -0.107. The third-order valence-corrected chi connectivity index (χ3v) is 2.32. The Morgan fingerprint density at radius 1 is 1.33 bits per heavy atom. The first kappa shape index (κ1) is 9.65. The second-order valence-corrected chi connectivity index (χ2v) is 3.30. The predicted molar refractivity (Wildman–Crippen MR) is 56.4 cm³/mol. The first-order chi connectivity index (χ1) is 7.33. The molecule has 0 fully saturated rings. The standard InChI is InChI=1S/C12H11NO2/c1-9-11(7-8-14)12(13-15-9)10-5-3-2-4-6-10/h2-6,8H,7H2,1H3. The number of aldehydes is 1.